The molecule has 2 N–H and O–H groups in total. The molecule has 0 spiro atoms. The van der Waals surface area contributed by atoms with E-state index in [1.54, 1.807) is 6.92 Å². The first-order valence-electron chi connectivity index (χ1n) is 10.7. The van der Waals surface area contributed by atoms with Crippen molar-refractivity contribution < 1.29 is 14.4 Å². The fourth-order valence-corrected chi connectivity index (χ4v) is 3.64. The molecule has 2 rings (SSSR count). The molecule has 6 nitrogen and oxygen atoms in total. The molecule has 0 saturated carbocycles. The number of hydrogen-bond donors (Lipinski definition) is 2. The van der Waals surface area contributed by atoms with Gasteiger partial charge in [-0.15, -0.1) is 0 Å². The van der Waals surface area contributed by atoms with Crippen molar-refractivity contribution in [3.05, 3.63) is 35.4 Å². The van der Waals surface area contributed by atoms with Crippen molar-refractivity contribution in [3.8, 4) is 0 Å². The highest BCUT2D eigenvalue weighted by molar-refractivity contribution is 6.09. The highest BCUT2D eigenvalue weighted by Crippen LogP contribution is 2.29. The molecule has 0 bridgehead atoms. The highest BCUT2D eigenvalue weighted by atomic mass is 16.2. The van der Waals surface area contributed by atoms with Crippen LogP contribution in [0.5, 0.6) is 0 Å². The van der Waals surface area contributed by atoms with Gasteiger partial charge >= 0.3 is 6.03 Å². The third kappa shape index (κ3) is 5.37. The Morgan fingerprint density at radius 3 is 2.38 bits per heavy atom. The molecule has 0 unspecified atom stereocenters. The molecule has 1 aromatic rings. The standard InChI is InChI=1S/C23H35N3O3/c1-6-8-9-17(7-2)14-24-20(27)15-26-21(28)23(5,25-22(26)29)19-12-10-18(11-13-19)16(3)4/h10-13,16-17H,6-9,14-15H2,1-5H3,(H,24,27)(H,25,29)/t17-,23-/m0/s1. The summed E-state index contributed by atoms with van der Waals surface area (Å²) < 4.78 is 0. The molecule has 4 amide bonds. The van der Waals surface area contributed by atoms with Crippen molar-refractivity contribution in [2.24, 2.45) is 5.92 Å². The molecular formula is C23H35N3O3. The molecule has 1 aliphatic rings. The molecule has 0 aromatic heterocycles. The molecule has 160 valence electrons. The maximum atomic E-state index is 13.0. The van der Waals surface area contributed by atoms with Gasteiger partial charge in [-0.1, -0.05) is 71.2 Å². The van der Waals surface area contributed by atoms with Gasteiger partial charge in [0.1, 0.15) is 12.1 Å². The van der Waals surface area contributed by atoms with E-state index in [2.05, 4.69) is 38.3 Å². The summed E-state index contributed by atoms with van der Waals surface area (Å²) in [6, 6.07) is 7.16. The summed E-state index contributed by atoms with van der Waals surface area (Å²) in [4.78, 5) is 38.8. The van der Waals surface area contributed by atoms with Crippen LogP contribution in [-0.2, 0) is 15.1 Å². The Morgan fingerprint density at radius 1 is 1.17 bits per heavy atom. The molecule has 2 atom stereocenters. The summed E-state index contributed by atoms with van der Waals surface area (Å²) in [7, 11) is 0. The van der Waals surface area contributed by atoms with Gasteiger partial charge < -0.3 is 10.6 Å². The zero-order chi connectivity index (χ0) is 21.6. The van der Waals surface area contributed by atoms with Crippen LogP contribution in [0.1, 0.15) is 77.3 Å². The van der Waals surface area contributed by atoms with Crippen LogP contribution in [0.15, 0.2) is 24.3 Å². The first kappa shape index (κ1) is 22.9. The van der Waals surface area contributed by atoms with Gasteiger partial charge in [-0.25, -0.2) is 4.79 Å². The van der Waals surface area contributed by atoms with Crippen LogP contribution in [0.3, 0.4) is 0 Å². The summed E-state index contributed by atoms with van der Waals surface area (Å²) in [6.45, 7) is 10.5. The lowest BCUT2D eigenvalue weighted by Crippen LogP contribution is -2.44. The van der Waals surface area contributed by atoms with E-state index in [9.17, 15) is 14.4 Å². The lowest BCUT2D eigenvalue weighted by molar-refractivity contribution is -0.134. The summed E-state index contributed by atoms with van der Waals surface area (Å²) in [6.07, 6.45) is 4.33. The van der Waals surface area contributed by atoms with Crippen LogP contribution in [0.2, 0.25) is 0 Å². The normalized spacial score (nSPS) is 20.1. The maximum absolute atomic E-state index is 13.0. The van der Waals surface area contributed by atoms with E-state index < -0.39 is 17.5 Å². The monoisotopic (exact) mass is 401 g/mol. The summed E-state index contributed by atoms with van der Waals surface area (Å²) in [5.74, 6) is 0.109. The van der Waals surface area contributed by atoms with Gasteiger partial charge in [-0.3, -0.25) is 14.5 Å². The Bertz CT molecular complexity index is 729. The number of nitrogens with zero attached hydrogens (tertiary/aromatic N) is 1. The lowest BCUT2D eigenvalue weighted by atomic mass is 9.90. The molecule has 0 aliphatic carbocycles. The number of carbonyl (C=O) groups is 3. The Labute approximate surface area is 174 Å². The van der Waals surface area contributed by atoms with E-state index in [0.29, 0.717) is 23.9 Å². The Kier molecular flexibility index (Phi) is 7.82. The minimum atomic E-state index is -1.15. The summed E-state index contributed by atoms with van der Waals surface area (Å²) in [5.41, 5.74) is 0.729. The summed E-state index contributed by atoms with van der Waals surface area (Å²) >= 11 is 0. The second kappa shape index (κ2) is 9.90. The van der Waals surface area contributed by atoms with Crippen LogP contribution >= 0.6 is 0 Å². The van der Waals surface area contributed by atoms with Crippen LogP contribution in [0.4, 0.5) is 4.79 Å². The molecule has 1 aliphatic heterocycles. The molecule has 1 fully saturated rings. The molecular weight excluding hydrogens is 366 g/mol. The van der Waals surface area contributed by atoms with E-state index >= 15 is 0 Å². The number of hydrogen-bond acceptors (Lipinski definition) is 3. The van der Waals surface area contributed by atoms with Gasteiger partial charge in [-0.05, 0) is 36.3 Å². The van der Waals surface area contributed by atoms with Gasteiger partial charge in [0.2, 0.25) is 5.91 Å². The Hall–Kier alpha value is -2.37. The average Bonchev–Trinajstić information content (AvgIpc) is 2.92. The zero-order valence-corrected chi connectivity index (χ0v) is 18.4. The van der Waals surface area contributed by atoms with Crippen LogP contribution in [0.25, 0.3) is 0 Å². The lowest BCUT2D eigenvalue weighted by Gasteiger charge is -2.23. The second-order valence-corrected chi connectivity index (χ2v) is 8.44. The Morgan fingerprint density at radius 2 is 1.83 bits per heavy atom. The topological polar surface area (TPSA) is 78.5 Å². The third-order valence-electron chi connectivity index (χ3n) is 5.86. The number of unbranched alkanes of at least 4 members (excludes halogenated alkanes) is 1. The molecule has 1 heterocycles. The molecule has 1 saturated heterocycles. The van der Waals surface area contributed by atoms with Crippen molar-refractivity contribution in [3.63, 3.8) is 0 Å². The highest BCUT2D eigenvalue weighted by Gasteiger charge is 2.49. The largest absolute Gasteiger partial charge is 0.354 e. The average molecular weight is 402 g/mol. The minimum absolute atomic E-state index is 0.255. The summed E-state index contributed by atoms with van der Waals surface area (Å²) in [5, 5.41) is 5.65. The smallest absolute Gasteiger partial charge is 0.325 e. The zero-order valence-electron chi connectivity index (χ0n) is 18.4. The fraction of sp³-hybridized carbons (Fsp3) is 0.609. The Balaban J connectivity index is 2.01. The SMILES string of the molecule is CCCC[C@H](CC)CNC(=O)CN1C(=O)N[C@@](C)(c2ccc(C(C)C)cc2)C1=O. The van der Waals surface area contributed by atoms with Gasteiger partial charge in [0, 0.05) is 6.54 Å². The first-order chi connectivity index (χ1) is 13.7. The van der Waals surface area contributed by atoms with Gasteiger partial charge in [0.05, 0.1) is 0 Å². The van der Waals surface area contributed by atoms with Crippen molar-refractivity contribution in [1.82, 2.24) is 15.5 Å². The van der Waals surface area contributed by atoms with Gasteiger partial charge in [-0.2, -0.15) is 0 Å². The van der Waals surface area contributed by atoms with E-state index in [4.69, 9.17) is 0 Å². The van der Waals surface area contributed by atoms with Gasteiger partial charge in [0.25, 0.3) is 5.91 Å². The predicted octanol–water partition coefficient (Wildman–Crippen LogP) is 3.91. The predicted molar refractivity (Wildman–Crippen MR) is 114 cm³/mol. The van der Waals surface area contributed by atoms with Crippen molar-refractivity contribution >= 4 is 17.8 Å². The quantitative estimate of drug-likeness (QED) is 0.584. The molecule has 29 heavy (non-hydrogen) atoms. The van der Waals surface area contributed by atoms with Crippen LogP contribution < -0.4 is 10.6 Å². The first-order valence-corrected chi connectivity index (χ1v) is 10.7. The molecule has 6 heteroatoms. The van der Waals surface area contributed by atoms with Gasteiger partial charge in [0.15, 0.2) is 0 Å². The number of benzene rings is 1. The number of carbonyl (C=O) groups excluding carboxylic acids is 3. The van der Waals surface area contributed by atoms with Crippen LogP contribution in [0, 0.1) is 5.92 Å². The molecule has 1 aromatic carbocycles. The number of urea groups is 1. The van der Waals surface area contributed by atoms with Crippen molar-refractivity contribution in [2.75, 3.05) is 13.1 Å². The number of nitrogens with one attached hydrogen (secondary N) is 2. The van der Waals surface area contributed by atoms with Crippen LogP contribution in [-0.4, -0.2) is 35.8 Å². The molecule has 0 radical (unpaired) electrons. The van der Waals surface area contributed by atoms with E-state index in [-0.39, 0.29) is 12.5 Å². The van der Waals surface area contributed by atoms with E-state index in [1.165, 1.54) is 5.56 Å². The number of amides is 4. The van der Waals surface area contributed by atoms with E-state index in [0.717, 1.165) is 30.6 Å². The minimum Gasteiger partial charge on any atom is -0.354 e. The third-order valence-corrected chi connectivity index (χ3v) is 5.86. The van der Waals surface area contributed by atoms with Crippen molar-refractivity contribution in [2.45, 2.75) is 71.8 Å². The maximum Gasteiger partial charge on any atom is 0.325 e. The number of imide groups is 1. The second-order valence-electron chi connectivity index (χ2n) is 8.44. The van der Waals surface area contributed by atoms with Crippen molar-refractivity contribution in [1.29, 1.82) is 0 Å². The number of rotatable bonds is 10. The fourth-order valence-electron chi connectivity index (χ4n) is 3.64. The van der Waals surface area contributed by atoms with E-state index in [1.807, 2.05) is 24.3 Å².